The van der Waals surface area contributed by atoms with Crippen LogP contribution in [-0.4, -0.2) is 23.3 Å². The van der Waals surface area contributed by atoms with Gasteiger partial charge in [0.15, 0.2) is 0 Å². The Hall–Kier alpha value is -2.56. The van der Waals surface area contributed by atoms with Gasteiger partial charge in [0, 0.05) is 36.1 Å². The quantitative estimate of drug-likeness (QED) is 0.794. The van der Waals surface area contributed by atoms with Crippen molar-refractivity contribution in [1.82, 2.24) is 10.3 Å². The van der Waals surface area contributed by atoms with Crippen molar-refractivity contribution in [3.05, 3.63) is 52.8 Å². The van der Waals surface area contributed by atoms with Gasteiger partial charge in [-0.2, -0.15) is 0 Å². The van der Waals surface area contributed by atoms with Crippen molar-refractivity contribution in [3.63, 3.8) is 0 Å². The Morgan fingerprint density at radius 2 is 1.95 bits per heavy atom. The zero-order valence-corrected chi connectivity index (χ0v) is 13.1. The molecular weight excluding hydrogens is 278 g/mol. The molecule has 2 aromatic rings. The van der Waals surface area contributed by atoms with Gasteiger partial charge in [0.05, 0.1) is 0 Å². The highest BCUT2D eigenvalue weighted by molar-refractivity contribution is 5.96. The van der Waals surface area contributed by atoms with Crippen molar-refractivity contribution < 1.29 is 9.59 Å². The van der Waals surface area contributed by atoms with E-state index in [0.29, 0.717) is 17.8 Å². The van der Waals surface area contributed by atoms with Crippen molar-refractivity contribution in [1.29, 1.82) is 0 Å². The minimum absolute atomic E-state index is 0.142. The molecule has 1 aromatic carbocycles. The first-order valence-electron chi connectivity index (χ1n) is 7.26. The van der Waals surface area contributed by atoms with Crippen LogP contribution in [0, 0.1) is 13.8 Å². The highest BCUT2D eigenvalue weighted by Crippen LogP contribution is 2.11. The molecular formula is C17H21N3O2. The van der Waals surface area contributed by atoms with E-state index in [9.17, 15) is 9.59 Å². The van der Waals surface area contributed by atoms with Crippen molar-refractivity contribution in [3.8, 4) is 0 Å². The van der Waals surface area contributed by atoms with Gasteiger partial charge in [-0.3, -0.25) is 9.59 Å². The summed E-state index contributed by atoms with van der Waals surface area (Å²) >= 11 is 0. The van der Waals surface area contributed by atoms with Gasteiger partial charge in [0.2, 0.25) is 5.91 Å². The number of aryl methyl sites for hydroxylation is 2. The number of aromatic nitrogens is 1. The van der Waals surface area contributed by atoms with Crippen LogP contribution < -0.4 is 10.6 Å². The fourth-order valence-electron chi connectivity index (χ4n) is 2.40. The smallest absolute Gasteiger partial charge is 0.251 e. The highest BCUT2D eigenvalue weighted by Gasteiger charge is 2.07. The number of amides is 2. The number of aromatic amines is 1. The lowest BCUT2D eigenvalue weighted by molar-refractivity contribution is -0.114. The molecule has 22 heavy (non-hydrogen) atoms. The molecule has 0 bridgehead atoms. The third kappa shape index (κ3) is 4.22. The molecule has 2 amide bonds. The van der Waals surface area contributed by atoms with E-state index >= 15 is 0 Å². The van der Waals surface area contributed by atoms with Gasteiger partial charge in [-0.25, -0.2) is 0 Å². The molecule has 0 aliphatic rings. The second kappa shape index (κ2) is 6.93. The lowest BCUT2D eigenvalue weighted by Gasteiger charge is -2.07. The summed E-state index contributed by atoms with van der Waals surface area (Å²) in [5.41, 5.74) is 4.64. The molecule has 0 aliphatic carbocycles. The Balaban J connectivity index is 1.92. The summed E-state index contributed by atoms with van der Waals surface area (Å²) in [5.74, 6) is -0.298. The average molecular weight is 299 g/mol. The maximum Gasteiger partial charge on any atom is 0.251 e. The molecule has 0 fully saturated rings. The number of hydrogen-bond donors (Lipinski definition) is 3. The lowest BCUT2D eigenvalue weighted by atomic mass is 10.1. The number of benzene rings is 1. The lowest BCUT2D eigenvalue weighted by Crippen LogP contribution is -2.25. The summed E-state index contributed by atoms with van der Waals surface area (Å²) < 4.78 is 0. The first kappa shape index (κ1) is 15.8. The van der Waals surface area contributed by atoms with Gasteiger partial charge in [-0.15, -0.1) is 0 Å². The molecule has 0 spiro atoms. The van der Waals surface area contributed by atoms with Crippen LogP contribution in [-0.2, 0) is 11.2 Å². The maximum absolute atomic E-state index is 12.1. The molecule has 1 heterocycles. The highest BCUT2D eigenvalue weighted by atomic mass is 16.2. The molecule has 5 heteroatoms. The van der Waals surface area contributed by atoms with Gasteiger partial charge in [0.25, 0.3) is 5.91 Å². The molecule has 0 aliphatic heterocycles. The van der Waals surface area contributed by atoms with E-state index in [1.54, 1.807) is 24.3 Å². The predicted octanol–water partition coefficient (Wildman–Crippen LogP) is 2.56. The van der Waals surface area contributed by atoms with Crippen LogP contribution in [0.3, 0.4) is 0 Å². The van der Waals surface area contributed by atoms with E-state index in [-0.39, 0.29) is 11.8 Å². The van der Waals surface area contributed by atoms with Gasteiger partial charge in [-0.1, -0.05) is 6.07 Å². The predicted molar refractivity (Wildman–Crippen MR) is 87.0 cm³/mol. The Morgan fingerprint density at radius 3 is 2.59 bits per heavy atom. The maximum atomic E-state index is 12.1. The summed E-state index contributed by atoms with van der Waals surface area (Å²) in [5, 5.41) is 5.57. The SMILES string of the molecule is CC(=O)Nc1cccc(C(=O)NCCc2cc(C)[nH]c2C)c1. The van der Waals surface area contributed by atoms with Crippen molar-refractivity contribution in [2.75, 3.05) is 11.9 Å². The zero-order valence-electron chi connectivity index (χ0n) is 13.1. The molecule has 1 aromatic heterocycles. The zero-order chi connectivity index (χ0) is 16.1. The van der Waals surface area contributed by atoms with E-state index in [0.717, 1.165) is 17.8 Å². The Kier molecular flexibility index (Phi) is 4.99. The molecule has 3 N–H and O–H groups in total. The molecule has 0 unspecified atom stereocenters. The van der Waals surface area contributed by atoms with Crippen LogP contribution >= 0.6 is 0 Å². The van der Waals surface area contributed by atoms with E-state index in [1.807, 2.05) is 13.8 Å². The number of rotatable bonds is 5. The molecule has 0 saturated carbocycles. The Bertz CT molecular complexity index is 689. The first-order valence-corrected chi connectivity index (χ1v) is 7.26. The second-order valence-corrected chi connectivity index (χ2v) is 5.37. The fourth-order valence-corrected chi connectivity index (χ4v) is 2.40. The summed E-state index contributed by atoms with van der Waals surface area (Å²) in [4.78, 5) is 26.4. The summed E-state index contributed by atoms with van der Waals surface area (Å²) in [6.45, 7) is 6.05. The Labute approximate surface area is 130 Å². The van der Waals surface area contributed by atoms with E-state index in [4.69, 9.17) is 0 Å². The number of anilines is 1. The van der Waals surface area contributed by atoms with E-state index in [2.05, 4.69) is 21.7 Å². The van der Waals surface area contributed by atoms with Crippen LogP contribution in [0.1, 0.15) is 34.2 Å². The monoisotopic (exact) mass is 299 g/mol. The van der Waals surface area contributed by atoms with Crippen molar-refractivity contribution >= 4 is 17.5 Å². The van der Waals surface area contributed by atoms with Crippen LogP contribution in [0.2, 0.25) is 0 Å². The molecule has 0 radical (unpaired) electrons. The number of hydrogen-bond acceptors (Lipinski definition) is 2. The topological polar surface area (TPSA) is 74.0 Å². The fraction of sp³-hybridized carbons (Fsp3) is 0.294. The number of carbonyl (C=O) groups excluding carboxylic acids is 2. The molecule has 2 rings (SSSR count). The van der Waals surface area contributed by atoms with Crippen molar-refractivity contribution in [2.24, 2.45) is 0 Å². The third-order valence-electron chi connectivity index (χ3n) is 3.38. The summed E-state index contributed by atoms with van der Waals surface area (Å²) in [6, 6.07) is 9.00. The summed E-state index contributed by atoms with van der Waals surface area (Å²) in [7, 11) is 0. The largest absolute Gasteiger partial charge is 0.362 e. The number of H-pyrrole nitrogens is 1. The van der Waals surface area contributed by atoms with E-state index < -0.39 is 0 Å². The number of nitrogens with one attached hydrogen (secondary N) is 3. The van der Waals surface area contributed by atoms with Crippen LogP contribution in [0.4, 0.5) is 5.69 Å². The van der Waals surface area contributed by atoms with Gasteiger partial charge >= 0.3 is 0 Å². The first-order chi connectivity index (χ1) is 10.5. The molecule has 5 nitrogen and oxygen atoms in total. The molecule has 116 valence electrons. The van der Waals surface area contributed by atoms with E-state index in [1.165, 1.54) is 12.5 Å². The van der Waals surface area contributed by atoms with Gasteiger partial charge in [-0.05, 0) is 50.1 Å². The second-order valence-electron chi connectivity index (χ2n) is 5.37. The van der Waals surface area contributed by atoms with Crippen LogP contribution in [0.5, 0.6) is 0 Å². The van der Waals surface area contributed by atoms with Crippen molar-refractivity contribution in [2.45, 2.75) is 27.2 Å². The van der Waals surface area contributed by atoms with Gasteiger partial charge < -0.3 is 15.6 Å². The molecule has 0 atom stereocenters. The van der Waals surface area contributed by atoms with Crippen LogP contribution in [0.25, 0.3) is 0 Å². The molecule has 0 saturated heterocycles. The Morgan fingerprint density at radius 1 is 1.18 bits per heavy atom. The summed E-state index contributed by atoms with van der Waals surface area (Å²) in [6.07, 6.45) is 0.785. The number of carbonyl (C=O) groups is 2. The minimum Gasteiger partial charge on any atom is -0.362 e. The average Bonchev–Trinajstić information content (AvgIpc) is 2.76. The standard InChI is InChI=1S/C17H21N3O2/c1-11-9-14(12(2)19-11)7-8-18-17(22)15-5-4-6-16(10-15)20-13(3)21/h4-6,9-10,19H,7-8H2,1-3H3,(H,18,22)(H,20,21). The normalized spacial score (nSPS) is 10.3. The minimum atomic E-state index is -0.157. The van der Waals surface area contributed by atoms with Gasteiger partial charge in [0.1, 0.15) is 0 Å². The van der Waals surface area contributed by atoms with Crippen LogP contribution in [0.15, 0.2) is 30.3 Å². The third-order valence-corrected chi connectivity index (χ3v) is 3.38.